The molecule has 0 spiro atoms. The Morgan fingerprint density at radius 1 is 1.16 bits per heavy atom. The van der Waals surface area contributed by atoms with Gasteiger partial charge in [0.2, 0.25) is 0 Å². The van der Waals surface area contributed by atoms with Crippen LogP contribution in [0.25, 0.3) is 0 Å². The number of nitrogens with zero attached hydrogens (tertiary/aromatic N) is 1. The Kier molecular flexibility index (Phi) is 5.03. The molecule has 3 N–H and O–H groups in total. The first-order valence-corrected chi connectivity index (χ1v) is 7.33. The van der Waals surface area contributed by atoms with Gasteiger partial charge < -0.3 is 25.0 Å². The molecule has 1 atom stereocenters. The van der Waals surface area contributed by atoms with Crippen molar-refractivity contribution in [1.29, 1.82) is 5.26 Å². The van der Waals surface area contributed by atoms with Crippen molar-refractivity contribution >= 4 is 11.7 Å². The third-order valence-corrected chi connectivity index (χ3v) is 3.88. The fourth-order valence-electron chi connectivity index (χ4n) is 2.42. The number of hydrogen-bond acceptors (Lipinski definition) is 6. The van der Waals surface area contributed by atoms with Crippen molar-refractivity contribution < 1.29 is 24.5 Å². The Balaban J connectivity index is 2.52. The molecule has 0 aliphatic rings. The maximum atomic E-state index is 12.0. The number of aromatic hydroxyl groups is 1. The van der Waals surface area contributed by atoms with Gasteiger partial charge in [-0.2, -0.15) is 5.26 Å². The first-order valence-electron chi connectivity index (χ1n) is 7.33. The van der Waals surface area contributed by atoms with Gasteiger partial charge in [0, 0.05) is 17.3 Å². The Bertz CT molecular complexity index is 827. The smallest absolute Gasteiger partial charge is 0.333 e. The molecule has 7 heteroatoms. The zero-order chi connectivity index (χ0) is 18.6. The molecule has 0 fully saturated rings. The van der Waals surface area contributed by atoms with Crippen LogP contribution in [-0.4, -0.2) is 30.4 Å². The minimum atomic E-state index is -1.64. The topological polar surface area (TPSA) is 112 Å². The SMILES string of the molecule is COc1cc(O)c(C(C)(Nc2ccc(C#N)cc2)C(=O)O)cc1OC. The van der Waals surface area contributed by atoms with Crippen LogP contribution in [-0.2, 0) is 10.3 Å². The second-order valence-electron chi connectivity index (χ2n) is 5.47. The molecule has 0 aliphatic carbocycles. The van der Waals surface area contributed by atoms with E-state index in [-0.39, 0.29) is 17.1 Å². The van der Waals surface area contributed by atoms with Crippen molar-refractivity contribution in [2.75, 3.05) is 19.5 Å². The van der Waals surface area contributed by atoms with Crippen molar-refractivity contribution in [3.05, 3.63) is 47.5 Å². The van der Waals surface area contributed by atoms with Gasteiger partial charge in [0.15, 0.2) is 17.0 Å². The number of anilines is 1. The summed E-state index contributed by atoms with van der Waals surface area (Å²) in [6.45, 7) is 1.43. The number of phenols is 1. The first-order chi connectivity index (χ1) is 11.8. The quantitative estimate of drug-likeness (QED) is 0.740. The Labute approximate surface area is 145 Å². The lowest BCUT2D eigenvalue weighted by molar-refractivity contribution is -0.142. The standard InChI is InChI=1S/C18H18N2O5/c1-18(17(22)23,20-12-6-4-11(10-19)5-7-12)13-8-15(24-2)16(25-3)9-14(13)21/h4-9,20-21H,1-3H3,(H,22,23). The molecule has 0 aliphatic heterocycles. The number of ether oxygens (including phenoxy) is 2. The molecule has 7 nitrogen and oxygen atoms in total. The number of carboxylic acids is 1. The number of benzene rings is 2. The summed E-state index contributed by atoms with van der Waals surface area (Å²) in [4.78, 5) is 12.0. The van der Waals surface area contributed by atoms with Crippen molar-refractivity contribution in [2.24, 2.45) is 0 Å². The molecule has 1 unspecified atom stereocenters. The molecule has 2 aromatic carbocycles. The summed E-state index contributed by atoms with van der Waals surface area (Å²) in [7, 11) is 2.84. The minimum Gasteiger partial charge on any atom is -0.507 e. The third kappa shape index (κ3) is 3.43. The Hall–Kier alpha value is -3.40. The average Bonchev–Trinajstić information content (AvgIpc) is 2.61. The van der Waals surface area contributed by atoms with E-state index in [2.05, 4.69) is 5.32 Å². The van der Waals surface area contributed by atoms with Crippen molar-refractivity contribution in [3.63, 3.8) is 0 Å². The summed E-state index contributed by atoms with van der Waals surface area (Å²) in [5, 5.41) is 31.8. The van der Waals surface area contributed by atoms with Crippen molar-refractivity contribution in [2.45, 2.75) is 12.5 Å². The zero-order valence-electron chi connectivity index (χ0n) is 14.0. The summed E-state index contributed by atoms with van der Waals surface area (Å²) in [6, 6.07) is 11.0. The fourth-order valence-corrected chi connectivity index (χ4v) is 2.42. The molecule has 0 aromatic heterocycles. The summed E-state index contributed by atoms with van der Waals surface area (Å²) in [5.74, 6) is -0.859. The summed E-state index contributed by atoms with van der Waals surface area (Å²) >= 11 is 0. The predicted octanol–water partition coefficient (Wildman–Crippen LogP) is 2.69. The number of nitrogens with one attached hydrogen (secondary N) is 1. The van der Waals surface area contributed by atoms with Crippen LogP contribution >= 0.6 is 0 Å². The van der Waals surface area contributed by atoms with Gasteiger partial charge in [0.05, 0.1) is 25.9 Å². The van der Waals surface area contributed by atoms with E-state index >= 15 is 0 Å². The molecule has 0 bridgehead atoms. The number of carboxylic acid groups (broad SMARTS) is 1. The van der Waals surface area contributed by atoms with Crippen LogP contribution < -0.4 is 14.8 Å². The van der Waals surface area contributed by atoms with E-state index in [4.69, 9.17) is 14.7 Å². The number of aliphatic carboxylic acids is 1. The number of phenolic OH excluding ortho intramolecular Hbond substituents is 1. The highest BCUT2D eigenvalue weighted by atomic mass is 16.5. The van der Waals surface area contributed by atoms with Gasteiger partial charge in [-0.1, -0.05) is 0 Å². The van der Waals surface area contributed by atoms with E-state index in [1.54, 1.807) is 24.3 Å². The van der Waals surface area contributed by atoms with E-state index in [1.807, 2.05) is 6.07 Å². The highest BCUT2D eigenvalue weighted by molar-refractivity contribution is 5.85. The summed E-state index contributed by atoms with van der Waals surface area (Å²) in [6.07, 6.45) is 0. The normalized spacial score (nSPS) is 12.6. The number of rotatable bonds is 6. The van der Waals surface area contributed by atoms with Crippen LogP contribution in [0.1, 0.15) is 18.1 Å². The molecule has 2 aromatic rings. The molecule has 0 saturated heterocycles. The molecule has 0 radical (unpaired) electrons. The van der Waals surface area contributed by atoms with Crippen LogP contribution in [0.5, 0.6) is 17.2 Å². The summed E-state index contributed by atoms with van der Waals surface area (Å²) < 4.78 is 10.3. The minimum absolute atomic E-state index is 0.113. The molecule has 0 saturated carbocycles. The molecular formula is C18H18N2O5. The maximum absolute atomic E-state index is 12.0. The lowest BCUT2D eigenvalue weighted by atomic mass is 9.90. The van der Waals surface area contributed by atoms with Gasteiger partial charge >= 0.3 is 5.97 Å². The number of hydrogen-bond donors (Lipinski definition) is 3. The number of carbonyl (C=O) groups is 1. The highest BCUT2D eigenvalue weighted by Crippen LogP contribution is 2.40. The largest absolute Gasteiger partial charge is 0.507 e. The Morgan fingerprint density at radius 2 is 1.72 bits per heavy atom. The molecule has 130 valence electrons. The number of nitriles is 1. The molecule has 0 heterocycles. The average molecular weight is 342 g/mol. The molecular weight excluding hydrogens is 324 g/mol. The van der Waals surface area contributed by atoms with Gasteiger partial charge in [-0.05, 0) is 37.3 Å². The van der Waals surface area contributed by atoms with Crippen LogP contribution in [0.4, 0.5) is 5.69 Å². The van der Waals surface area contributed by atoms with Gasteiger partial charge in [-0.15, -0.1) is 0 Å². The van der Waals surface area contributed by atoms with Crippen molar-refractivity contribution in [3.8, 4) is 23.3 Å². The van der Waals surface area contributed by atoms with Gasteiger partial charge in [0.25, 0.3) is 0 Å². The van der Waals surface area contributed by atoms with E-state index in [9.17, 15) is 15.0 Å². The van der Waals surface area contributed by atoms with Crippen LogP contribution in [0.3, 0.4) is 0 Å². The van der Waals surface area contributed by atoms with Crippen LogP contribution in [0.2, 0.25) is 0 Å². The number of methoxy groups -OCH3 is 2. The van der Waals surface area contributed by atoms with Crippen molar-refractivity contribution in [1.82, 2.24) is 0 Å². The monoisotopic (exact) mass is 342 g/mol. The summed E-state index contributed by atoms with van der Waals surface area (Å²) in [5.41, 5.74) is -0.589. The highest BCUT2D eigenvalue weighted by Gasteiger charge is 2.38. The zero-order valence-corrected chi connectivity index (χ0v) is 14.0. The predicted molar refractivity (Wildman–Crippen MR) is 91.0 cm³/mol. The lowest BCUT2D eigenvalue weighted by Crippen LogP contribution is -2.40. The van der Waals surface area contributed by atoms with Gasteiger partial charge in [0.1, 0.15) is 5.75 Å². The molecule has 0 amide bonds. The maximum Gasteiger partial charge on any atom is 0.333 e. The lowest BCUT2D eigenvalue weighted by Gasteiger charge is -2.29. The second kappa shape index (κ2) is 7.01. The van der Waals surface area contributed by atoms with E-state index in [0.29, 0.717) is 17.0 Å². The van der Waals surface area contributed by atoms with E-state index < -0.39 is 11.5 Å². The fraction of sp³-hybridized carbons (Fsp3) is 0.222. The van der Waals surface area contributed by atoms with Crippen LogP contribution in [0.15, 0.2) is 36.4 Å². The van der Waals surface area contributed by atoms with Gasteiger partial charge in [-0.3, -0.25) is 0 Å². The second-order valence-corrected chi connectivity index (χ2v) is 5.47. The van der Waals surface area contributed by atoms with E-state index in [0.717, 1.165) is 0 Å². The van der Waals surface area contributed by atoms with Crippen LogP contribution in [0, 0.1) is 11.3 Å². The molecule has 25 heavy (non-hydrogen) atoms. The van der Waals surface area contributed by atoms with E-state index in [1.165, 1.54) is 33.3 Å². The van der Waals surface area contributed by atoms with Gasteiger partial charge in [-0.25, -0.2) is 4.79 Å². The molecule has 2 rings (SSSR count). The first kappa shape index (κ1) is 17.9. The Morgan fingerprint density at radius 3 is 2.20 bits per heavy atom. The third-order valence-electron chi connectivity index (χ3n) is 3.88.